The van der Waals surface area contributed by atoms with E-state index in [0.29, 0.717) is 41.4 Å². The summed E-state index contributed by atoms with van der Waals surface area (Å²) < 4.78 is 37.4. The average molecular weight is 354 g/mol. The van der Waals surface area contributed by atoms with E-state index in [1.165, 1.54) is 0 Å². The Kier molecular flexibility index (Phi) is 4.85. The number of benzene rings is 2. The van der Waals surface area contributed by atoms with Crippen molar-refractivity contribution in [2.24, 2.45) is 0 Å². The van der Waals surface area contributed by atoms with Gasteiger partial charge in [-0.3, -0.25) is 4.79 Å². The first-order valence-corrected chi connectivity index (χ1v) is 7.73. The number of halogens is 3. The second-order valence-corrected chi connectivity index (χ2v) is 5.70. The summed E-state index contributed by atoms with van der Waals surface area (Å²) in [5.74, 6) is -1.20. The Morgan fingerprint density at radius 2 is 1.79 bits per heavy atom. The van der Waals surface area contributed by atoms with Crippen molar-refractivity contribution >= 4 is 17.5 Å². The molecule has 0 fully saturated rings. The maximum Gasteiger partial charge on any atom is 0.251 e. The molecule has 1 aliphatic heterocycles. The van der Waals surface area contributed by atoms with Gasteiger partial charge in [0.15, 0.2) is 11.5 Å². The fraction of sp³-hybridized carbons (Fsp3) is 0.235. The predicted octanol–water partition coefficient (Wildman–Crippen LogP) is 3.71. The van der Waals surface area contributed by atoms with E-state index in [-0.39, 0.29) is 12.1 Å². The maximum absolute atomic E-state index is 13.2. The van der Waals surface area contributed by atoms with Gasteiger partial charge in [0.2, 0.25) is 0 Å². The Bertz CT molecular complexity index is 762. The van der Waals surface area contributed by atoms with Crippen LogP contribution in [-0.2, 0) is 6.54 Å². The minimum Gasteiger partial charge on any atom is -0.489 e. The van der Waals surface area contributed by atoms with Crippen LogP contribution in [0.1, 0.15) is 22.3 Å². The Labute approximate surface area is 142 Å². The third-order valence-corrected chi connectivity index (χ3v) is 3.72. The van der Waals surface area contributed by atoms with Crippen LogP contribution in [0.4, 0.5) is 8.78 Å². The van der Waals surface area contributed by atoms with Crippen LogP contribution in [0, 0.1) is 11.6 Å². The van der Waals surface area contributed by atoms with Crippen LogP contribution in [0.15, 0.2) is 30.3 Å². The Morgan fingerprint density at radius 1 is 1.08 bits per heavy atom. The Morgan fingerprint density at radius 3 is 2.54 bits per heavy atom. The predicted molar refractivity (Wildman–Crippen MR) is 84.6 cm³/mol. The van der Waals surface area contributed by atoms with Gasteiger partial charge in [-0.2, -0.15) is 0 Å². The third-order valence-electron chi connectivity index (χ3n) is 3.44. The standard InChI is InChI=1S/C17H14ClF2NO3/c18-14-4-10(5-15-16(14)24-3-1-2-23-15)9-21-17(22)11-6-12(19)8-13(20)7-11/h4-8H,1-3,9H2,(H,21,22). The molecule has 4 nitrogen and oxygen atoms in total. The zero-order valence-corrected chi connectivity index (χ0v) is 13.3. The number of hydrogen-bond acceptors (Lipinski definition) is 3. The van der Waals surface area contributed by atoms with Gasteiger partial charge in [-0.05, 0) is 29.8 Å². The molecule has 2 aromatic carbocycles. The second kappa shape index (κ2) is 7.05. The van der Waals surface area contributed by atoms with Crippen LogP contribution in [-0.4, -0.2) is 19.1 Å². The molecule has 0 saturated carbocycles. The van der Waals surface area contributed by atoms with Crippen molar-refractivity contribution in [1.82, 2.24) is 5.32 Å². The first kappa shape index (κ1) is 16.5. The van der Waals surface area contributed by atoms with Crippen molar-refractivity contribution in [3.63, 3.8) is 0 Å². The van der Waals surface area contributed by atoms with Gasteiger partial charge in [-0.1, -0.05) is 11.6 Å². The number of hydrogen-bond donors (Lipinski definition) is 1. The van der Waals surface area contributed by atoms with Gasteiger partial charge in [0.05, 0.1) is 18.2 Å². The molecule has 0 atom stereocenters. The van der Waals surface area contributed by atoms with Crippen molar-refractivity contribution in [1.29, 1.82) is 0 Å². The topological polar surface area (TPSA) is 47.6 Å². The van der Waals surface area contributed by atoms with E-state index in [2.05, 4.69) is 5.32 Å². The molecule has 0 radical (unpaired) electrons. The molecule has 126 valence electrons. The van der Waals surface area contributed by atoms with Gasteiger partial charge >= 0.3 is 0 Å². The van der Waals surface area contributed by atoms with Gasteiger partial charge < -0.3 is 14.8 Å². The van der Waals surface area contributed by atoms with Crippen molar-refractivity contribution in [3.05, 3.63) is 58.1 Å². The van der Waals surface area contributed by atoms with Crippen molar-refractivity contribution in [3.8, 4) is 11.5 Å². The molecule has 0 unspecified atom stereocenters. The van der Waals surface area contributed by atoms with Gasteiger partial charge in [0, 0.05) is 24.6 Å². The minimum atomic E-state index is -0.807. The van der Waals surface area contributed by atoms with E-state index in [1.807, 2.05) is 0 Å². The summed E-state index contributed by atoms with van der Waals surface area (Å²) in [5.41, 5.74) is 0.599. The van der Waals surface area contributed by atoms with Crippen molar-refractivity contribution in [2.45, 2.75) is 13.0 Å². The number of rotatable bonds is 3. The number of amides is 1. The highest BCUT2D eigenvalue weighted by molar-refractivity contribution is 6.32. The summed E-state index contributed by atoms with van der Waals surface area (Å²) in [6.07, 6.45) is 0.752. The molecule has 1 N–H and O–H groups in total. The third kappa shape index (κ3) is 3.76. The van der Waals surface area contributed by atoms with E-state index < -0.39 is 17.5 Å². The molecule has 1 aliphatic rings. The SMILES string of the molecule is O=C(NCc1cc(Cl)c2c(c1)OCCCO2)c1cc(F)cc(F)c1. The number of carbonyl (C=O) groups excluding carboxylic acids is 1. The van der Waals surface area contributed by atoms with Crippen LogP contribution >= 0.6 is 11.6 Å². The van der Waals surface area contributed by atoms with Gasteiger partial charge in [-0.15, -0.1) is 0 Å². The highest BCUT2D eigenvalue weighted by Gasteiger charge is 2.16. The second-order valence-electron chi connectivity index (χ2n) is 5.30. The summed E-state index contributed by atoms with van der Waals surface area (Å²) in [7, 11) is 0. The zero-order chi connectivity index (χ0) is 17.1. The lowest BCUT2D eigenvalue weighted by molar-refractivity contribution is 0.0950. The lowest BCUT2D eigenvalue weighted by atomic mass is 10.1. The van der Waals surface area contributed by atoms with Crippen LogP contribution in [0.5, 0.6) is 11.5 Å². The molecule has 3 rings (SSSR count). The van der Waals surface area contributed by atoms with Crippen LogP contribution in [0.3, 0.4) is 0 Å². The van der Waals surface area contributed by atoms with Crippen LogP contribution < -0.4 is 14.8 Å². The van der Waals surface area contributed by atoms with Crippen molar-refractivity contribution in [2.75, 3.05) is 13.2 Å². The molecule has 1 heterocycles. The van der Waals surface area contributed by atoms with E-state index >= 15 is 0 Å². The Balaban J connectivity index is 1.73. The first-order chi connectivity index (χ1) is 11.5. The van der Waals surface area contributed by atoms with Crippen molar-refractivity contribution < 1.29 is 23.0 Å². The maximum atomic E-state index is 13.2. The number of fused-ring (bicyclic) bond motifs is 1. The van der Waals surface area contributed by atoms with E-state index in [9.17, 15) is 13.6 Å². The lowest BCUT2D eigenvalue weighted by Gasteiger charge is -2.12. The molecule has 7 heteroatoms. The molecular formula is C17H14ClF2NO3. The fourth-order valence-corrected chi connectivity index (χ4v) is 2.64. The molecule has 24 heavy (non-hydrogen) atoms. The molecule has 0 aromatic heterocycles. The first-order valence-electron chi connectivity index (χ1n) is 7.35. The Hall–Kier alpha value is -2.34. The largest absolute Gasteiger partial charge is 0.489 e. The van der Waals surface area contributed by atoms with Gasteiger partial charge in [-0.25, -0.2) is 8.78 Å². The van der Waals surface area contributed by atoms with Gasteiger partial charge in [0.1, 0.15) is 11.6 Å². The highest BCUT2D eigenvalue weighted by Crippen LogP contribution is 2.37. The monoisotopic (exact) mass is 353 g/mol. The average Bonchev–Trinajstić information content (AvgIpc) is 2.77. The van der Waals surface area contributed by atoms with Crippen LogP contribution in [0.25, 0.3) is 0 Å². The summed E-state index contributed by atoms with van der Waals surface area (Å²) in [5, 5.41) is 2.98. The number of nitrogens with one attached hydrogen (secondary N) is 1. The molecule has 1 amide bonds. The van der Waals surface area contributed by atoms with Crippen LogP contribution in [0.2, 0.25) is 5.02 Å². The van der Waals surface area contributed by atoms with E-state index in [4.69, 9.17) is 21.1 Å². The highest BCUT2D eigenvalue weighted by atomic mass is 35.5. The molecule has 2 aromatic rings. The summed E-state index contributed by atoms with van der Waals surface area (Å²) in [4.78, 5) is 12.0. The molecule has 0 spiro atoms. The molecule has 0 saturated heterocycles. The lowest BCUT2D eigenvalue weighted by Crippen LogP contribution is -2.23. The fourth-order valence-electron chi connectivity index (χ4n) is 2.36. The zero-order valence-electron chi connectivity index (χ0n) is 12.6. The normalized spacial score (nSPS) is 13.3. The summed E-state index contributed by atoms with van der Waals surface area (Å²) >= 11 is 6.18. The molecule has 0 bridgehead atoms. The summed E-state index contributed by atoms with van der Waals surface area (Å²) in [6.45, 7) is 1.17. The van der Waals surface area contributed by atoms with E-state index in [1.54, 1.807) is 12.1 Å². The molecular weight excluding hydrogens is 340 g/mol. The quantitative estimate of drug-likeness (QED) is 0.915. The number of carbonyl (C=O) groups is 1. The summed E-state index contributed by atoms with van der Waals surface area (Å²) in [6, 6.07) is 6.03. The molecule has 0 aliphatic carbocycles. The number of ether oxygens (including phenoxy) is 2. The smallest absolute Gasteiger partial charge is 0.251 e. The minimum absolute atomic E-state index is 0.0899. The van der Waals surface area contributed by atoms with E-state index in [0.717, 1.165) is 18.6 Å². The van der Waals surface area contributed by atoms with Gasteiger partial charge in [0.25, 0.3) is 5.91 Å².